The van der Waals surface area contributed by atoms with Crippen molar-refractivity contribution < 1.29 is 23.0 Å². The number of halogens is 2. The van der Waals surface area contributed by atoms with Crippen LogP contribution in [-0.4, -0.2) is 22.0 Å². The average molecular weight is 449 g/mol. The molecule has 0 amide bonds. The third-order valence-electron chi connectivity index (χ3n) is 6.02. The fourth-order valence-electron chi connectivity index (χ4n) is 4.17. The Kier molecular flexibility index (Phi) is 4.57. The molecule has 1 saturated carbocycles. The molecule has 0 unspecified atom stereocenters. The lowest BCUT2D eigenvalue weighted by Crippen LogP contribution is -2.26. The lowest BCUT2D eigenvalue weighted by Gasteiger charge is -2.16. The zero-order valence-electron chi connectivity index (χ0n) is 17.4. The first-order valence-electron chi connectivity index (χ1n) is 10.2. The van der Waals surface area contributed by atoms with Gasteiger partial charge in [-0.15, -0.1) is 8.78 Å². The van der Waals surface area contributed by atoms with Gasteiger partial charge in [-0.1, -0.05) is 6.07 Å². The van der Waals surface area contributed by atoms with E-state index in [1.54, 1.807) is 25.1 Å². The number of carbonyl (C=O) groups excluding carboxylic acids is 1. The van der Waals surface area contributed by atoms with Crippen molar-refractivity contribution in [1.82, 2.24) is 9.97 Å². The van der Waals surface area contributed by atoms with Crippen LogP contribution in [0, 0.1) is 18.3 Å². The molecule has 1 N–H and O–H groups in total. The number of Topliss-reactive ketones (excluding diaryl/α,β-unsaturated/α-hetero) is 1. The summed E-state index contributed by atoms with van der Waals surface area (Å²) in [6.45, 7) is 1.76. The van der Waals surface area contributed by atoms with Crippen LogP contribution in [-0.2, 0) is 16.6 Å². The van der Waals surface area contributed by atoms with Gasteiger partial charge in [0.15, 0.2) is 11.5 Å². The fourth-order valence-corrected chi connectivity index (χ4v) is 4.17. The Morgan fingerprint density at radius 2 is 1.94 bits per heavy atom. The van der Waals surface area contributed by atoms with Crippen molar-refractivity contribution in [1.29, 1.82) is 5.26 Å². The van der Waals surface area contributed by atoms with Crippen LogP contribution in [0.2, 0.25) is 0 Å². The molecule has 166 valence electrons. The monoisotopic (exact) mass is 449 g/mol. The molecule has 9 heteroatoms. The minimum atomic E-state index is -3.72. The second-order valence-corrected chi connectivity index (χ2v) is 8.22. The highest BCUT2D eigenvalue weighted by Gasteiger charge is 2.52. The number of hydrogen-bond acceptors (Lipinski definition) is 6. The molecule has 3 heterocycles. The van der Waals surface area contributed by atoms with Gasteiger partial charge < -0.3 is 14.5 Å². The summed E-state index contributed by atoms with van der Waals surface area (Å²) in [5.41, 5.74) is 1.96. The van der Waals surface area contributed by atoms with Crippen LogP contribution < -0.4 is 15.0 Å². The molecule has 5 rings (SSSR count). The SMILES string of the molecule is Cc1cc(CC(=O)C2(c3ccc4c(c3)OC(F)(F)O4)CC2)nc(-c2ccc(=O)[nH]c2)c1C#N. The number of aromatic amines is 1. The van der Waals surface area contributed by atoms with E-state index in [9.17, 15) is 23.6 Å². The van der Waals surface area contributed by atoms with E-state index in [2.05, 4.69) is 25.5 Å². The average Bonchev–Trinajstić information content (AvgIpc) is 3.51. The maximum Gasteiger partial charge on any atom is 0.586 e. The standard InChI is InChI=1S/C24H17F2N3O4/c1-13-8-16(29-22(17(13)11-27)14-2-5-21(31)28-12-14)10-20(30)23(6-7-23)15-3-4-18-19(9-15)33-24(25,26)32-18/h2-5,8-9,12H,6-7,10H2,1H3,(H,28,31). The number of H-pyrrole nitrogens is 1. The number of hydrogen-bond donors (Lipinski definition) is 1. The highest BCUT2D eigenvalue weighted by Crippen LogP contribution is 2.52. The predicted octanol–water partition coefficient (Wildman–Crippen LogP) is 3.78. The minimum Gasteiger partial charge on any atom is -0.395 e. The lowest BCUT2D eigenvalue weighted by atomic mass is 9.88. The van der Waals surface area contributed by atoms with Crippen LogP contribution in [0.1, 0.15) is 35.2 Å². The molecule has 1 fully saturated rings. The molecule has 0 radical (unpaired) electrons. The summed E-state index contributed by atoms with van der Waals surface area (Å²) in [5.74, 6) is -0.261. The molecule has 3 aromatic rings. The number of ketones is 1. The second-order valence-electron chi connectivity index (χ2n) is 8.22. The van der Waals surface area contributed by atoms with E-state index >= 15 is 0 Å². The first-order valence-corrected chi connectivity index (χ1v) is 10.2. The van der Waals surface area contributed by atoms with Gasteiger partial charge in [0, 0.05) is 29.9 Å². The number of aromatic nitrogens is 2. The van der Waals surface area contributed by atoms with Gasteiger partial charge in [-0.25, -0.2) is 0 Å². The van der Waals surface area contributed by atoms with Crippen LogP contribution in [0.15, 0.2) is 47.4 Å². The van der Waals surface area contributed by atoms with Gasteiger partial charge in [-0.05, 0) is 55.2 Å². The Morgan fingerprint density at radius 1 is 1.18 bits per heavy atom. The Bertz CT molecular complexity index is 1380. The Morgan fingerprint density at radius 3 is 2.61 bits per heavy atom. The molecule has 0 saturated heterocycles. The van der Waals surface area contributed by atoms with E-state index in [0.717, 1.165) is 0 Å². The molecule has 7 nitrogen and oxygen atoms in total. The van der Waals surface area contributed by atoms with E-state index in [-0.39, 0.29) is 29.3 Å². The number of rotatable bonds is 5. The van der Waals surface area contributed by atoms with Crippen molar-refractivity contribution in [3.05, 3.63) is 75.3 Å². The van der Waals surface area contributed by atoms with Crippen molar-refractivity contribution in [3.63, 3.8) is 0 Å². The maximum absolute atomic E-state index is 13.4. The summed E-state index contributed by atoms with van der Waals surface area (Å²) < 4.78 is 35.7. The van der Waals surface area contributed by atoms with E-state index in [0.29, 0.717) is 46.5 Å². The first-order chi connectivity index (χ1) is 15.7. The molecular formula is C24H17F2N3O4. The maximum atomic E-state index is 13.4. The van der Waals surface area contributed by atoms with Crippen molar-refractivity contribution in [2.24, 2.45) is 0 Å². The highest BCUT2D eigenvalue weighted by atomic mass is 19.3. The number of aryl methyl sites for hydroxylation is 1. The second kappa shape index (κ2) is 7.24. The molecule has 1 aliphatic carbocycles. The summed E-state index contributed by atoms with van der Waals surface area (Å²) in [7, 11) is 0. The third kappa shape index (κ3) is 3.63. The number of fused-ring (bicyclic) bond motifs is 1. The molecular weight excluding hydrogens is 432 g/mol. The molecule has 2 aliphatic rings. The molecule has 0 bridgehead atoms. The largest absolute Gasteiger partial charge is 0.586 e. The van der Waals surface area contributed by atoms with Gasteiger partial charge >= 0.3 is 6.29 Å². The molecule has 2 aromatic heterocycles. The van der Waals surface area contributed by atoms with Crippen LogP contribution in [0.4, 0.5) is 8.78 Å². The molecule has 1 aromatic carbocycles. The van der Waals surface area contributed by atoms with Crippen molar-refractivity contribution in [3.8, 4) is 28.8 Å². The third-order valence-corrected chi connectivity index (χ3v) is 6.02. The smallest absolute Gasteiger partial charge is 0.395 e. The number of alkyl halides is 2. The lowest BCUT2D eigenvalue weighted by molar-refractivity contribution is -0.286. The number of nitrogens with zero attached hydrogens (tertiary/aromatic N) is 2. The normalized spacial score (nSPS) is 16.8. The number of ether oxygens (including phenoxy) is 2. The topological polar surface area (TPSA) is 105 Å². The van der Waals surface area contributed by atoms with Crippen LogP contribution in [0.25, 0.3) is 11.3 Å². The summed E-state index contributed by atoms with van der Waals surface area (Å²) in [4.78, 5) is 31.8. The summed E-state index contributed by atoms with van der Waals surface area (Å²) >= 11 is 0. The Labute approximate surface area is 186 Å². The number of nitrogens with one attached hydrogen (secondary N) is 1. The van der Waals surface area contributed by atoms with Gasteiger partial charge in [0.1, 0.15) is 11.9 Å². The van der Waals surface area contributed by atoms with Crippen LogP contribution >= 0.6 is 0 Å². The van der Waals surface area contributed by atoms with Crippen molar-refractivity contribution in [2.45, 2.75) is 37.9 Å². The summed E-state index contributed by atoms with van der Waals surface area (Å²) in [5, 5.41) is 9.59. The van der Waals surface area contributed by atoms with Crippen LogP contribution in [0.5, 0.6) is 11.5 Å². The quantitative estimate of drug-likeness (QED) is 0.636. The number of nitriles is 1. The van der Waals surface area contributed by atoms with Gasteiger partial charge in [0.25, 0.3) is 0 Å². The summed E-state index contributed by atoms with van der Waals surface area (Å²) in [6.07, 6.45) is -1.06. The number of pyridine rings is 2. The summed E-state index contributed by atoms with van der Waals surface area (Å²) in [6, 6.07) is 11.2. The van der Waals surface area contributed by atoms with Gasteiger partial charge in [0.05, 0.1) is 16.7 Å². The number of benzene rings is 1. The van der Waals surface area contributed by atoms with Gasteiger partial charge in [-0.3, -0.25) is 14.6 Å². The van der Waals surface area contributed by atoms with Crippen LogP contribution in [0.3, 0.4) is 0 Å². The number of carbonyl (C=O) groups is 1. The Balaban J connectivity index is 1.45. The van der Waals surface area contributed by atoms with E-state index in [4.69, 9.17) is 0 Å². The van der Waals surface area contributed by atoms with Gasteiger partial charge in [-0.2, -0.15) is 5.26 Å². The minimum absolute atomic E-state index is 0.00744. The van der Waals surface area contributed by atoms with E-state index < -0.39 is 11.7 Å². The van der Waals surface area contributed by atoms with E-state index in [1.165, 1.54) is 24.4 Å². The van der Waals surface area contributed by atoms with E-state index in [1.807, 2.05) is 0 Å². The zero-order valence-corrected chi connectivity index (χ0v) is 17.4. The molecule has 1 aliphatic heterocycles. The highest BCUT2D eigenvalue weighted by molar-refractivity contribution is 5.94. The Hall–Kier alpha value is -4.06. The molecule has 0 atom stereocenters. The van der Waals surface area contributed by atoms with Crippen molar-refractivity contribution >= 4 is 5.78 Å². The predicted molar refractivity (Wildman–Crippen MR) is 112 cm³/mol. The van der Waals surface area contributed by atoms with Crippen molar-refractivity contribution in [2.75, 3.05) is 0 Å². The molecule has 33 heavy (non-hydrogen) atoms. The fraction of sp³-hybridized carbons (Fsp3) is 0.250. The zero-order chi connectivity index (χ0) is 23.4. The molecule has 0 spiro atoms. The van der Waals surface area contributed by atoms with Gasteiger partial charge in [0.2, 0.25) is 5.56 Å². The first kappa shape index (κ1) is 20.8.